The third-order valence-corrected chi connectivity index (χ3v) is 2.79. The number of benzene rings is 1. The van der Waals surface area contributed by atoms with Crippen LogP contribution in [0.5, 0.6) is 0 Å². The fourth-order valence-corrected chi connectivity index (χ4v) is 1.90. The summed E-state index contributed by atoms with van der Waals surface area (Å²) >= 11 is 0. The monoisotopic (exact) mass is 233 g/mol. The molecule has 0 aliphatic carbocycles. The molecule has 0 aliphatic rings. The maximum atomic E-state index is 12.1. The lowest BCUT2D eigenvalue weighted by atomic mass is 9.93. The zero-order valence-corrected chi connectivity index (χ0v) is 11.5. The first kappa shape index (κ1) is 13.8. The Morgan fingerprint density at radius 2 is 1.88 bits per heavy atom. The molecule has 1 atom stereocenters. The number of rotatable bonds is 3. The van der Waals surface area contributed by atoms with Gasteiger partial charge in [-0.1, -0.05) is 31.2 Å². The van der Waals surface area contributed by atoms with Crippen LogP contribution in [0.15, 0.2) is 24.3 Å². The van der Waals surface area contributed by atoms with Crippen LogP contribution in [0.25, 0.3) is 0 Å². The van der Waals surface area contributed by atoms with Gasteiger partial charge in [0.05, 0.1) is 5.92 Å². The lowest BCUT2D eigenvalue weighted by molar-refractivity contribution is -0.123. The molecule has 17 heavy (non-hydrogen) atoms. The van der Waals surface area contributed by atoms with Gasteiger partial charge in [-0.3, -0.25) is 4.79 Å². The van der Waals surface area contributed by atoms with Gasteiger partial charge in [0, 0.05) is 5.54 Å². The minimum absolute atomic E-state index is 0.0922. The first-order valence-corrected chi connectivity index (χ1v) is 6.25. The molecule has 94 valence electrons. The van der Waals surface area contributed by atoms with Crippen LogP contribution in [0.3, 0.4) is 0 Å². The van der Waals surface area contributed by atoms with Gasteiger partial charge in [0.25, 0.3) is 0 Å². The number of carbonyl (C=O) groups is 1. The molecule has 0 heterocycles. The molecule has 0 saturated heterocycles. The van der Waals surface area contributed by atoms with Gasteiger partial charge in [-0.15, -0.1) is 0 Å². The minimum Gasteiger partial charge on any atom is -0.351 e. The summed E-state index contributed by atoms with van der Waals surface area (Å²) in [6.07, 6.45) is 0.962. The molecule has 1 aromatic rings. The predicted octanol–water partition coefficient (Wildman–Crippen LogP) is 3.27. The lowest BCUT2D eigenvalue weighted by Crippen LogP contribution is -2.42. The SMILES string of the molecule is CCc1ccccc1C(C)C(=O)NC(C)(C)C. The zero-order chi connectivity index (χ0) is 13.1. The van der Waals surface area contributed by atoms with Crippen LogP contribution >= 0.6 is 0 Å². The summed E-state index contributed by atoms with van der Waals surface area (Å²) in [5.41, 5.74) is 2.22. The molecule has 0 radical (unpaired) electrons. The Morgan fingerprint density at radius 1 is 1.29 bits per heavy atom. The molecule has 0 bridgehead atoms. The van der Waals surface area contributed by atoms with Gasteiger partial charge >= 0.3 is 0 Å². The van der Waals surface area contributed by atoms with Gasteiger partial charge in [0.1, 0.15) is 0 Å². The summed E-state index contributed by atoms with van der Waals surface area (Å²) in [4.78, 5) is 12.1. The highest BCUT2D eigenvalue weighted by Crippen LogP contribution is 2.21. The molecule has 1 rings (SSSR count). The zero-order valence-electron chi connectivity index (χ0n) is 11.5. The molecule has 2 nitrogen and oxygen atoms in total. The van der Waals surface area contributed by atoms with Crippen LogP contribution in [0.1, 0.15) is 51.7 Å². The van der Waals surface area contributed by atoms with Crippen molar-refractivity contribution in [3.63, 3.8) is 0 Å². The van der Waals surface area contributed by atoms with Crippen molar-refractivity contribution in [2.24, 2.45) is 0 Å². The van der Waals surface area contributed by atoms with Gasteiger partial charge in [-0.05, 0) is 45.2 Å². The van der Waals surface area contributed by atoms with Crippen LogP contribution in [-0.2, 0) is 11.2 Å². The Hall–Kier alpha value is -1.31. The van der Waals surface area contributed by atoms with Gasteiger partial charge in [-0.2, -0.15) is 0 Å². The third-order valence-electron chi connectivity index (χ3n) is 2.79. The number of hydrogen-bond acceptors (Lipinski definition) is 1. The average molecular weight is 233 g/mol. The summed E-state index contributed by atoms with van der Waals surface area (Å²) in [7, 11) is 0. The van der Waals surface area contributed by atoms with Gasteiger partial charge < -0.3 is 5.32 Å². The third kappa shape index (κ3) is 3.88. The topological polar surface area (TPSA) is 29.1 Å². The van der Waals surface area contributed by atoms with E-state index in [-0.39, 0.29) is 17.4 Å². The highest BCUT2D eigenvalue weighted by Gasteiger charge is 2.21. The van der Waals surface area contributed by atoms with Crippen LogP contribution in [0.4, 0.5) is 0 Å². The van der Waals surface area contributed by atoms with E-state index in [1.807, 2.05) is 45.9 Å². The fourth-order valence-electron chi connectivity index (χ4n) is 1.90. The number of aryl methyl sites for hydroxylation is 1. The Bertz CT molecular complexity index is 390. The predicted molar refractivity (Wildman–Crippen MR) is 72.1 cm³/mol. The average Bonchev–Trinajstić information content (AvgIpc) is 2.25. The summed E-state index contributed by atoms with van der Waals surface area (Å²) in [5.74, 6) is 0.00350. The lowest BCUT2D eigenvalue weighted by Gasteiger charge is -2.24. The molecule has 0 aliphatic heterocycles. The van der Waals surface area contributed by atoms with Crippen molar-refractivity contribution in [2.45, 2.75) is 52.5 Å². The normalized spacial score (nSPS) is 13.2. The van der Waals surface area contributed by atoms with E-state index >= 15 is 0 Å². The Kier molecular flexibility index (Phi) is 4.33. The molecule has 1 unspecified atom stereocenters. The van der Waals surface area contributed by atoms with E-state index in [9.17, 15) is 4.79 Å². The summed E-state index contributed by atoms with van der Waals surface area (Å²) in [6.45, 7) is 10.1. The van der Waals surface area contributed by atoms with Crippen molar-refractivity contribution in [3.8, 4) is 0 Å². The molecule has 0 saturated carbocycles. The van der Waals surface area contributed by atoms with E-state index in [1.54, 1.807) is 0 Å². The number of hydrogen-bond donors (Lipinski definition) is 1. The van der Waals surface area contributed by atoms with Crippen LogP contribution < -0.4 is 5.32 Å². The Morgan fingerprint density at radius 3 is 2.41 bits per heavy atom. The molecule has 1 N–H and O–H groups in total. The first-order valence-electron chi connectivity index (χ1n) is 6.25. The van der Waals surface area contributed by atoms with E-state index in [0.29, 0.717) is 0 Å². The molecule has 0 spiro atoms. The van der Waals surface area contributed by atoms with Crippen molar-refractivity contribution < 1.29 is 4.79 Å². The fraction of sp³-hybridized carbons (Fsp3) is 0.533. The highest BCUT2D eigenvalue weighted by molar-refractivity contribution is 5.84. The molecular weight excluding hydrogens is 210 g/mol. The molecular formula is C15H23NO. The second-order valence-electron chi connectivity index (χ2n) is 5.51. The largest absolute Gasteiger partial charge is 0.351 e. The van der Waals surface area contributed by atoms with Crippen molar-refractivity contribution in [3.05, 3.63) is 35.4 Å². The quantitative estimate of drug-likeness (QED) is 0.853. The second-order valence-corrected chi connectivity index (χ2v) is 5.51. The first-order chi connectivity index (χ1) is 7.85. The summed E-state index contributed by atoms with van der Waals surface area (Å²) in [5, 5.41) is 3.03. The maximum Gasteiger partial charge on any atom is 0.227 e. The standard InChI is InChI=1S/C15H23NO/c1-6-12-9-7-8-10-13(12)11(2)14(17)16-15(3,4)5/h7-11H,6H2,1-5H3,(H,16,17). The molecule has 0 aromatic heterocycles. The van der Waals surface area contributed by atoms with E-state index in [1.165, 1.54) is 5.56 Å². The highest BCUT2D eigenvalue weighted by atomic mass is 16.2. The van der Waals surface area contributed by atoms with Crippen molar-refractivity contribution in [2.75, 3.05) is 0 Å². The summed E-state index contributed by atoms with van der Waals surface area (Å²) < 4.78 is 0. The molecule has 2 heteroatoms. The number of amides is 1. The molecule has 1 amide bonds. The number of carbonyl (C=O) groups excluding carboxylic acids is 1. The van der Waals surface area contributed by atoms with Crippen LogP contribution in [0.2, 0.25) is 0 Å². The molecule has 0 fully saturated rings. The Balaban J connectivity index is 2.89. The van der Waals surface area contributed by atoms with Gasteiger partial charge in [0.2, 0.25) is 5.91 Å². The number of nitrogens with one attached hydrogen (secondary N) is 1. The van der Waals surface area contributed by atoms with E-state index < -0.39 is 0 Å². The van der Waals surface area contributed by atoms with E-state index in [0.717, 1.165) is 12.0 Å². The van der Waals surface area contributed by atoms with Crippen molar-refractivity contribution in [1.82, 2.24) is 5.32 Å². The van der Waals surface area contributed by atoms with Gasteiger partial charge in [0.15, 0.2) is 0 Å². The summed E-state index contributed by atoms with van der Waals surface area (Å²) in [6, 6.07) is 8.16. The Labute approximate surface area is 104 Å². The maximum absolute atomic E-state index is 12.1. The van der Waals surface area contributed by atoms with E-state index in [2.05, 4.69) is 18.3 Å². The molecule has 1 aromatic carbocycles. The van der Waals surface area contributed by atoms with Crippen molar-refractivity contribution >= 4 is 5.91 Å². The second kappa shape index (κ2) is 5.35. The van der Waals surface area contributed by atoms with Crippen LogP contribution in [-0.4, -0.2) is 11.4 Å². The minimum atomic E-state index is -0.174. The smallest absolute Gasteiger partial charge is 0.227 e. The van der Waals surface area contributed by atoms with Gasteiger partial charge in [-0.25, -0.2) is 0 Å². The van der Waals surface area contributed by atoms with Crippen molar-refractivity contribution in [1.29, 1.82) is 0 Å². The van der Waals surface area contributed by atoms with Crippen LogP contribution in [0, 0.1) is 0 Å². The van der Waals surface area contributed by atoms with E-state index in [4.69, 9.17) is 0 Å².